The Morgan fingerprint density at radius 3 is 2.62 bits per heavy atom. The maximum Gasteiger partial charge on any atom is 0.152 e. The molecule has 0 amide bonds. The Balaban J connectivity index is 1.59. The molecule has 3 rings (SSSR count). The molecule has 2 aliphatic heterocycles. The number of fused-ring (bicyclic) bond motifs is 1. The minimum atomic E-state index is 1.03. The summed E-state index contributed by atoms with van der Waals surface area (Å²) in [6.45, 7) is 4.76. The monoisotopic (exact) mass is 220 g/mol. The molecule has 0 saturated carbocycles. The number of hydrogen-bond acceptors (Lipinski definition) is 3. The van der Waals surface area contributed by atoms with Crippen molar-refractivity contribution in [2.75, 3.05) is 19.6 Å². The van der Waals surface area contributed by atoms with Crippen LogP contribution in [-0.4, -0.2) is 39.3 Å². The lowest BCUT2D eigenvalue weighted by Gasteiger charge is -2.12. The van der Waals surface area contributed by atoms with E-state index in [4.69, 9.17) is 0 Å². The highest BCUT2D eigenvalue weighted by Gasteiger charge is 2.15. The molecule has 3 heterocycles. The van der Waals surface area contributed by atoms with E-state index in [-0.39, 0.29) is 0 Å². The van der Waals surface area contributed by atoms with E-state index in [2.05, 4.69) is 19.7 Å². The molecule has 0 radical (unpaired) electrons. The smallest absolute Gasteiger partial charge is 0.152 e. The molecule has 0 atom stereocenters. The Bertz CT molecular complexity index is 328. The second-order valence-electron chi connectivity index (χ2n) is 4.92. The molecule has 0 spiro atoms. The van der Waals surface area contributed by atoms with E-state index in [1.807, 2.05) is 0 Å². The molecule has 4 nitrogen and oxygen atoms in total. The summed E-state index contributed by atoms with van der Waals surface area (Å²) >= 11 is 0. The highest BCUT2D eigenvalue weighted by molar-refractivity contribution is 4.96. The van der Waals surface area contributed by atoms with Gasteiger partial charge in [-0.1, -0.05) is 0 Å². The molecular weight excluding hydrogens is 200 g/mol. The fraction of sp³-hybridized carbons (Fsp3) is 0.833. The Morgan fingerprint density at radius 1 is 1.00 bits per heavy atom. The third kappa shape index (κ3) is 2.12. The fourth-order valence-corrected chi connectivity index (χ4v) is 2.71. The summed E-state index contributed by atoms with van der Waals surface area (Å²) in [6.07, 6.45) is 7.43. The molecule has 0 unspecified atom stereocenters. The molecule has 88 valence electrons. The summed E-state index contributed by atoms with van der Waals surface area (Å²) in [4.78, 5) is 7.16. The minimum Gasteiger partial charge on any atom is -0.303 e. The van der Waals surface area contributed by atoms with Gasteiger partial charge in [0.2, 0.25) is 0 Å². The normalized spacial score (nSPS) is 21.2. The third-order valence-electron chi connectivity index (χ3n) is 3.66. The number of hydrogen-bond donors (Lipinski definition) is 0. The SMILES string of the molecule is C1CCn2nc(CCN3CCCC3)nc2C1. The third-order valence-corrected chi connectivity index (χ3v) is 3.66. The average Bonchev–Trinajstić information content (AvgIpc) is 2.95. The van der Waals surface area contributed by atoms with Crippen LogP contribution in [0.2, 0.25) is 0 Å². The van der Waals surface area contributed by atoms with Gasteiger partial charge in [0.05, 0.1) is 0 Å². The summed E-state index contributed by atoms with van der Waals surface area (Å²) in [7, 11) is 0. The van der Waals surface area contributed by atoms with Crippen molar-refractivity contribution in [2.24, 2.45) is 0 Å². The van der Waals surface area contributed by atoms with Gasteiger partial charge >= 0.3 is 0 Å². The molecular formula is C12H20N4. The molecule has 0 N–H and O–H groups in total. The first-order chi connectivity index (χ1) is 7.92. The lowest BCUT2D eigenvalue weighted by Crippen LogP contribution is -2.22. The number of nitrogens with zero attached hydrogens (tertiary/aromatic N) is 4. The van der Waals surface area contributed by atoms with Gasteiger partial charge in [-0.25, -0.2) is 9.67 Å². The van der Waals surface area contributed by atoms with Crippen LogP contribution >= 0.6 is 0 Å². The van der Waals surface area contributed by atoms with Gasteiger partial charge in [0.15, 0.2) is 5.82 Å². The van der Waals surface area contributed by atoms with Crippen molar-refractivity contribution in [3.8, 4) is 0 Å². The predicted octanol–water partition coefficient (Wildman–Crippen LogP) is 1.25. The average molecular weight is 220 g/mol. The molecule has 4 heteroatoms. The van der Waals surface area contributed by atoms with Crippen molar-refractivity contribution in [1.82, 2.24) is 19.7 Å². The molecule has 1 saturated heterocycles. The van der Waals surface area contributed by atoms with E-state index >= 15 is 0 Å². The number of likely N-dealkylation sites (tertiary alicyclic amines) is 1. The number of aromatic nitrogens is 3. The van der Waals surface area contributed by atoms with E-state index < -0.39 is 0 Å². The van der Waals surface area contributed by atoms with Gasteiger partial charge in [0, 0.05) is 25.9 Å². The molecule has 0 bridgehead atoms. The standard InChI is InChI=1S/C12H20N4/c1-2-9-16-12(5-1)13-11(14-16)6-10-15-7-3-4-8-15/h1-10H2. The Hall–Kier alpha value is -0.900. The minimum absolute atomic E-state index is 1.03. The molecule has 1 aromatic rings. The van der Waals surface area contributed by atoms with Gasteiger partial charge in [0.25, 0.3) is 0 Å². The van der Waals surface area contributed by atoms with Crippen LogP contribution in [-0.2, 0) is 19.4 Å². The van der Waals surface area contributed by atoms with Crippen LogP contribution in [0.4, 0.5) is 0 Å². The second kappa shape index (κ2) is 4.53. The van der Waals surface area contributed by atoms with Gasteiger partial charge in [-0.15, -0.1) is 0 Å². The van der Waals surface area contributed by atoms with E-state index in [0.29, 0.717) is 0 Å². The lowest BCUT2D eigenvalue weighted by molar-refractivity contribution is 0.340. The highest BCUT2D eigenvalue weighted by atomic mass is 15.3. The zero-order valence-electron chi connectivity index (χ0n) is 9.86. The largest absolute Gasteiger partial charge is 0.303 e. The fourth-order valence-electron chi connectivity index (χ4n) is 2.71. The maximum atomic E-state index is 4.64. The van der Waals surface area contributed by atoms with E-state index in [1.54, 1.807) is 0 Å². The Kier molecular flexibility index (Phi) is 2.91. The van der Waals surface area contributed by atoms with E-state index in [0.717, 1.165) is 31.8 Å². The summed E-state index contributed by atoms with van der Waals surface area (Å²) in [6, 6.07) is 0. The zero-order valence-corrected chi connectivity index (χ0v) is 9.86. The second-order valence-corrected chi connectivity index (χ2v) is 4.92. The van der Waals surface area contributed by atoms with Crippen molar-refractivity contribution >= 4 is 0 Å². The van der Waals surface area contributed by atoms with Gasteiger partial charge < -0.3 is 4.90 Å². The van der Waals surface area contributed by atoms with Gasteiger partial charge in [-0.3, -0.25) is 0 Å². The summed E-state index contributed by atoms with van der Waals surface area (Å²) in [5, 5.41) is 4.59. The van der Waals surface area contributed by atoms with Crippen molar-refractivity contribution in [1.29, 1.82) is 0 Å². The van der Waals surface area contributed by atoms with Crippen LogP contribution < -0.4 is 0 Å². The van der Waals surface area contributed by atoms with Crippen LogP contribution in [0.25, 0.3) is 0 Å². The first kappa shape index (κ1) is 10.3. The van der Waals surface area contributed by atoms with Crippen molar-refractivity contribution in [2.45, 2.75) is 45.1 Å². The molecule has 2 aliphatic rings. The quantitative estimate of drug-likeness (QED) is 0.769. The molecule has 1 fully saturated rings. The summed E-state index contributed by atoms with van der Waals surface area (Å²) in [5.41, 5.74) is 0. The van der Waals surface area contributed by atoms with Crippen LogP contribution in [0.15, 0.2) is 0 Å². The van der Waals surface area contributed by atoms with Crippen molar-refractivity contribution in [3.63, 3.8) is 0 Å². The molecule has 0 aliphatic carbocycles. The van der Waals surface area contributed by atoms with Crippen LogP contribution in [0, 0.1) is 0 Å². The molecule has 0 aromatic carbocycles. The summed E-state index contributed by atoms with van der Waals surface area (Å²) in [5.74, 6) is 2.27. The molecule has 16 heavy (non-hydrogen) atoms. The van der Waals surface area contributed by atoms with E-state index in [1.165, 1.54) is 44.6 Å². The first-order valence-electron chi connectivity index (χ1n) is 6.57. The van der Waals surface area contributed by atoms with Gasteiger partial charge in [-0.2, -0.15) is 5.10 Å². The molecule has 1 aromatic heterocycles. The summed E-state index contributed by atoms with van der Waals surface area (Å²) < 4.78 is 2.11. The van der Waals surface area contributed by atoms with Crippen LogP contribution in [0.1, 0.15) is 37.3 Å². The zero-order chi connectivity index (χ0) is 10.8. The van der Waals surface area contributed by atoms with Crippen LogP contribution in [0.5, 0.6) is 0 Å². The number of rotatable bonds is 3. The first-order valence-corrected chi connectivity index (χ1v) is 6.57. The topological polar surface area (TPSA) is 34.0 Å². The van der Waals surface area contributed by atoms with Crippen molar-refractivity contribution in [3.05, 3.63) is 11.6 Å². The predicted molar refractivity (Wildman–Crippen MR) is 62.3 cm³/mol. The highest BCUT2D eigenvalue weighted by Crippen LogP contribution is 2.13. The van der Waals surface area contributed by atoms with Gasteiger partial charge in [0.1, 0.15) is 5.82 Å². The maximum absolute atomic E-state index is 4.64. The Morgan fingerprint density at radius 2 is 1.81 bits per heavy atom. The van der Waals surface area contributed by atoms with Gasteiger partial charge in [-0.05, 0) is 38.8 Å². The van der Waals surface area contributed by atoms with Crippen LogP contribution in [0.3, 0.4) is 0 Å². The Labute approximate surface area is 96.7 Å². The lowest BCUT2D eigenvalue weighted by atomic mass is 10.2. The number of aryl methyl sites for hydroxylation is 2. The van der Waals surface area contributed by atoms with E-state index in [9.17, 15) is 0 Å². The van der Waals surface area contributed by atoms with Crippen molar-refractivity contribution < 1.29 is 0 Å².